The molecular formula is C28H33F6N3O. The molecule has 2 aromatic carbocycles. The van der Waals surface area contributed by atoms with Gasteiger partial charge in [0.25, 0.3) is 0 Å². The summed E-state index contributed by atoms with van der Waals surface area (Å²) in [6.45, 7) is 5.27. The summed E-state index contributed by atoms with van der Waals surface area (Å²) < 4.78 is 80.4. The van der Waals surface area contributed by atoms with Crippen LogP contribution >= 0.6 is 0 Å². The lowest BCUT2D eigenvalue weighted by Crippen LogP contribution is -2.54. The smallest absolute Gasteiger partial charge is 0.346 e. The fourth-order valence-electron chi connectivity index (χ4n) is 5.62. The maximum atomic E-state index is 13.4. The van der Waals surface area contributed by atoms with E-state index in [1.165, 1.54) is 6.92 Å². The molecule has 1 N–H and O–H groups in total. The van der Waals surface area contributed by atoms with Crippen LogP contribution in [0.5, 0.6) is 0 Å². The zero-order valence-electron chi connectivity index (χ0n) is 21.5. The van der Waals surface area contributed by atoms with Crippen molar-refractivity contribution >= 4 is 5.91 Å². The Hall–Kier alpha value is -2.59. The van der Waals surface area contributed by atoms with Gasteiger partial charge in [0.05, 0.1) is 22.6 Å². The molecule has 2 aliphatic rings. The maximum absolute atomic E-state index is 13.4. The first-order valence-electron chi connectivity index (χ1n) is 12.9. The molecule has 1 saturated heterocycles. The topological polar surface area (TPSA) is 35.6 Å². The Morgan fingerprint density at radius 3 is 1.92 bits per heavy atom. The second-order valence-corrected chi connectivity index (χ2v) is 10.6. The average Bonchev–Trinajstić information content (AvgIpc) is 2.88. The average molecular weight is 542 g/mol. The minimum atomic E-state index is -4.97. The lowest BCUT2D eigenvalue weighted by Gasteiger charge is -2.46. The molecule has 0 bridgehead atoms. The summed E-state index contributed by atoms with van der Waals surface area (Å²) in [5.74, 6) is -1.81. The highest BCUT2D eigenvalue weighted by Crippen LogP contribution is 2.41. The molecule has 0 spiro atoms. The number of carbonyl (C=O) groups excluding carboxylic acids is 1. The van der Waals surface area contributed by atoms with Crippen LogP contribution in [0.3, 0.4) is 0 Å². The molecule has 0 radical (unpaired) electrons. The minimum Gasteiger partial charge on any atom is -0.346 e. The van der Waals surface area contributed by atoms with E-state index in [1.54, 1.807) is 0 Å². The highest BCUT2D eigenvalue weighted by atomic mass is 19.4. The summed E-state index contributed by atoms with van der Waals surface area (Å²) in [5.41, 5.74) is -3.03. The molecule has 0 aromatic heterocycles. The molecule has 1 heterocycles. The molecule has 1 aliphatic heterocycles. The van der Waals surface area contributed by atoms with Crippen LogP contribution in [-0.2, 0) is 22.7 Å². The van der Waals surface area contributed by atoms with E-state index in [0.29, 0.717) is 31.0 Å². The lowest BCUT2D eigenvalue weighted by molar-refractivity contribution is -0.143. The molecule has 10 heteroatoms. The van der Waals surface area contributed by atoms with Gasteiger partial charge in [-0.2, -0.15) is 26.3 Å². The Balaban J connectivity index is 1.58. The summed E-state index contributed by atoms with van der Waals surface area (Å²) in [7, 11) is 2.09. The zero-order chi connectivity index (χ0) is 27.7. The molecule has 1 aliphatic carbocycles. The number of nitrogens with zero attached hydrogens (tertiary/aromatic N) is 2. The fraction of sp³-hybridized carbons (Fsp3) is 0.536. The number of halogens is 6. The van der Waals surface area contributed by atoms with Crippen molar-refractivity contribution in [3.05, 3.63) is 70.8 Å². The highest BCUT2D eigenvalue weighted by molar-refractivity contribution is 5.84. The molecule has 4 nitrogen and oxygen atoms in total. The van der Waals surface area contributed by atoms with Crippen LogP contribution in [-0.4, -0.2) is 55.0 Å². The number of rotatable bonds is 5. The van der Waals surface area contributed by atoms with Crippen LogP contribution in [0.25, 0.3) is 0 Å². The van der Waals surface area contributed by atoms with Crippen LogP contribution in [0.1, 0.15) is 60.8 Å². The fourth-order valence-corrected chi connectivity index (χ4v) is 5.62. The first kappa shape index (κ1) is 28.4. The number of likely N-dealkylation sites (N-methyl/N-ethyl adjacent to an activating group) is 1. The highest BCUT2D eigenvalue weighted by Gasteiger charge is 2.42. The van der Waals surface area contributed by atoms with Crippen molar-refractivity contribution in [2.45, 2.75) is 62.5 Å². The summed E-state index contributed by atoms with van der Waals surface area (Å²) in [6, 6.07) is 11.1. The lowest BCUT2D eigenvalue weighted by atomic mass is 9.74. The van der Waals surface area contributed by atoms with Gasteiger partial charge in [-0.1, -0.05) is 30.3 Å². The Bertz CT molecular complexity index is 1070. The van der Waals surface area contributed by atoms with Crippen LogP contribution in [0, 0.1) is 0 Å². The van der Waals surface area contributed by atoms with Crippen LogP contribution in [0.2, 0.25) is 0 Å². The van der Waals surface area contributed by atoms with Crippen molar-refractivity contribution in [2.24, 2.45) is 0 Å². The predicted octanol–water partition coefficient (Wildman–Crippen LogP) is 6.03. The van der Waals surface area contributed by atoms with Crippen molar-refractivity contribution in [2.75, 3.05) is 33.2 Å². The number of hydrogen-bond donors (Lipinski definition) is 1. The van der Waals surface area contributed by atoms with E-state index >= 15 is 0 Å². The summed E-state index contributed by atoms with van der Waals surface area (Å²) in [5, 5.41) is 3.07. The third-order valence-electron chi connectivity index (χ3n) is 8.06. The largest absolute Gasteiger partial charge is 0.416 e. The molecular weight excluding hydrogens is 508 g/mol. The van der Waals surface area contributed by atoms with Gasteiger partial charge in [0, 0.05) is 32.2 Å². The Labute approximate surface area is 219 Å². The molecule has 208 valence electrons. The summed E-state index contributed by atoms with van der Waals surface area (Å²) in [6.07, 6.45) is -7.03. The molecule has 1 atom stereocenters. The van der Waals surface area contributed by atoms with Crippen molar-refractivity contribution in [3.8, 4) is 0 Å². The second-order valence-electron chi connectivity index (χ2n) is 10.6. The van der Waals surface area contributed by atoms with Crippen molar-refractivity contribution in [3.63, 3.8) is 0 Å². The van der Waals surface area contributed by atoms with Crippen molar-refractivity contribution in [1.29, 1.82) is 0 Å². The van der Waals surface area contributed by atoms with Gasteiger partial charge in [-0.15, -0.1) is 0 Å². The molecule has 1 amide bonds. The van der Waals surface area contributed by atoms with E-state index in [4.69, 9.17) is 0 Å². The van der Waals surface area contributed by atoms with E-state index in [1.807, 2.05) is 30.3 Å². The van der Waals surface area contributed by atoms with E-state index in [-0.39, 0.29) is 11.6 Å². The SMILES string of the molecule is CC(C(=O)N[C@]1(c2ccccc2)CC[C@@H](N2CCN(C)CC2)CC1)c1cc(C(F)(F)F)cc(C(F)(F)F)c1. The molecule has 38 heavy (non-hydrogen) atoms. The number of piperazine rings is 1. The standard InChI is InChI=1S/C28H33F6N3O/c1-19(20-16-22(27(29,30)31)18-23(17-20)28(32,33)34)25(38)35-26(21-6-4-3-5-7-21)10-8-24(9-11-26)37-14-12-36(2)13-15-37/h3-7,16-19,24H,8-15H2,1-2H3,(H,35,38)/t19?,24-,26-. The van der Waals surface area contributed by atoms with E-state index in [2.05, 4.69) is 22.2 Å². The Morgan fingerprint density at radius 1 is 0.895 bits per heavy atom. The number of alkyl halides is 6. The Kier molecular flexibility index (Phi) is 8.14. The third-order valence-corrected chi connectivity index (χ3v) is 8.06. The van der Waals surface area contributed by atoms with Crippen LogP contribution in [0.15, 0.2) is 48.5 Å². The van der Waals surface area contributed by atoms with Gasteiger partial charge in [0.2, 0.25) is 5.91 Å². The zero-order valence-corrected chi connectivity index (χ0v) is 21.5. The van der Waals surface area contributed by atoms with Crippen LogP contribution < -0.4 is 5.32 Å². The number of benzene rings is 2. The van der Waals surface area contributed by atoms with Crippen molar-refractivity contribution < 1.29 is 31.1 Å². The van der Waals surface area contributed by atoms with Gasteiger partial charge < -0.3 is 10.2 Å². The minimum absolute atomic E-state index is 0.0826. The predicted molar refractivity (Wildman–Crippen MR) is 132 cm³/mol. The maximum Gasteiger partial charge on any atom is 0.416 e. The first-order valence-corrected chi connectivity index (χ1v) is 12.9. The van der Waals surface area contributed by atoms with Gasteiger partial charge in [-0.25, -0.2) is 0 Å². The first-order chi connectivity index (χ1) is 17.8. The number of hydrogen-bond acceptors (Lipinski definition) is 3. The Morgan fingerprint density at radius 2 is 1.42 bits per heavy atom. The van der Waals surface area contributed by atoms with Crippen LogP contribution in [0.4, 0.5) is 26.3 Å². The molecule has 1 unspecified atom stereocenters. The van der Waals surface area contributed by atoms with Gasteiger partial charge in [0.15, 0.2) is 0 Å². The monoisotopic (exact) mass is 541 g/mol. The van der Waals surface area contributed by atoms with E-state index in [9.17, 15) is 31.1 Å². The molecule has 2 aromatic rings. The van der Waals surface area contributed by atoms with E-state index < -0.39 is 40.8 Å². The van der Waals surface area contributed by atoms with Gasteiger partial charge in [-0.3, -0.25) is 9.69 Å². The summed E-state index contributed by atoms with van der Waals surface area (Å²) >= 11 is 0. The van der Waals surface area contributed by atoms with E-state index in [0.717, 1.165) is 44.6 Å². The number of amides is 1. The van der Waals surface area contributed by atoms with Gasteiger partial charge >= 0.3 is 12.4 Å². The quantitative estimate of drug-likeness (QED) is 0.470. The molecule has 2 fully saturated rings. The second kappa shape index (κ2) is 10.9. The number of carbonyl (C=O) groups is 1. The van der Waals surface area contributed by atoms with Gasteiger partial charge in [-0.05, 0) is 69.0 Å². The molecule has 1 saturated carbocycles. The third kappa shape index (κ3) is 6.34. The molecule has 4 rings (SSSR count). The van der Waals surface area contributed by atoms with Crippen molar-refractivity contribution in [1.82, 2.24) is 15.1 Å². The normalized spacial score (nSPS) is 24.7. The number of nitrogens with one attached hydrogen (secondary N) is 1. The van der Waals surface area contributed by atoms with Gasteiger partial charge in [0.1, 0.15) is 0 Å². The summed E-state index contributed by atoms with van der Waals surface area (Å²) in [4.78, 5) is 18.2.